The average molecular weight is 520 g/mol. The van der Waals surface area contributed by atoms with E-state index in [0.717, 1.165) is 31.7 Å². The van der Waals surface area contributed by atoms with Gasteiger partial charge in [-0.15, -0.1) is 0 Å². The topological polar surface area (TPSA) is 75.3 Å². The molecule has 4 aromatic rings. The number of phenolic OH excluding ortho intramolecular Hbond substituents is 1. The number of hydrogen-bond donors (Lipinski definition) is 2. The van der Waals surface area contributed by atoms with Crippen LogP contribution >= 0.6 is 11.6 Å². The smallest absolute Gasteiger partial charge is 0.332 e. The summed E-state index contributed by atoms with van der Waals surface area (Å²) in [6.07, 6.45) is 10.2. The van der Waals surface area contributed by atoms with E-state index in [-0.39, 0.29) is 17.0 Å². The zero-order valence-electron chi connectivity index (χ0n) is 20.4. The fourth-order valence-electron chi connectivity index (χ4n) is 5.61. The van der Waals surface area contributed by atoms with Crippen LogP contribution in [0.3, 0.4) is 0 Å². The Labute approximate surface area is 218 Å². The van der Waals surface area contributed by atoms with Crippen LogP contribution in [0.1, 0.15) is 19.3 Å². The van der Waals surface area contributed by atoms with Crippen molar-refractivity contribution in [3.8, 4) is 33.7 Å². The molecule has 0 bridgehead atoms. The van der Waals surface area contributed by atoms with Gasteiger partial charge in [0.25, 0.3) is 0 Å². The normalized spacial score (nSPS) is 19.3. The summed E-state index contributed by atoms with van der Waals surface area (Å²) in [6, 6.07) is 9.59. The summed E-state index contributed by atoms with van der Waals surface area (Å²) < 4.78 is 17.7. The van der Waals surface area contributed by atoms with Gasteiger partial charge < -0.3 is 19.9 Å². The minimum absolute atomic E-state index is 0.0589. The molecule has 0 aliphatic carbocycles. The molecule has 2 saturated heterocycles. The first-order valence-corrected chi connectivity index (χ1v) is 12.7. The van der Waals surface area contributed by atoms with Gasteiger partial charge in [0, 0.05) is 61.0 Å². The van der Waals surface area contributed by atoms with Gasteiger partial charge in [-0.2, -0.15) is 0 Å². The third-order valence-corrected chi connectivity index (χ3v) is 7.93. The second-order valence-corrected chi connectivity index (χ2v) is 10.4. The summed E-state index contributed by atoms with van der Waals surface area (Å²) in [5, 5.41) is 15.2. The molecule has 0 radical (unpaired) electrons. The number of anilines is 1. The Morgan fingerprint density at radius 3 is 2.59 bits per heavy atom. The SMILES string of the molecule is Cn1ccn(-c2ccc(-c3cc(F)cc(-c4cncc(N5CCC6(CCCN6)C5)c4)c3O)cc2Cl)c1=O. The predicted octanol–water partition coefficient (Wildman–Crippen LogP) is 4.74. The summed E-state index contributed by atoms with van der Waals surface area (Å²) in [7, 11) is 1.66. The lowest BCUT2D eigenvalue weighted by Crippen LogP contribution is -2.42. The number of pyridine rings is 1. The Morgan fingerprint density at radius 1 is 1.08 bits per heavy atom. The van der Waals surface area contributed by atoms with Crippen LogP contribution in [-0.2, 0) is 7.05 Å². The molecule has 2 aromatic carbocycles. The van der Waals surface area contributed by atoms with Crippen LogP contribution < -0.4 is 15.9 Å². The van der Waals surface area contributed by atoms with Crippen molar-refractivity contribution < 1.29 is 9.50 Å². The quantitative estimate of drug-likeness (QED) is 0.407. The number of aryl methyl sites for hydroxylation is 1. The van der Waals surface area contributed by atoms with Crippen molar-refractivity contribution in [1.82, 2.24) is 19.4 Å². The molecule has 1 spiro atoms. The number of halogens is 2. The molecule has 37 heavy (non-hydrogen) atoms. The van der Waals surface area contributed by atoms with Crippen molar-refractivity contribution in [1.29, 1.82) is 0 Å². The van der Waals surface area contributed by atoms with Gasteiger partial charge in [0.2, 0.25) is 0 Å². The standard InChI is InChI=1S/C28H27ClFN5O2/c1-33-9-10-35(27(33)37)25-4-3-18(12-24(25)29)22-13-20(30)14-23(26(22)36)19-11-21(16-31-15-19)34-8-6-28(17-34)5-2-7-32-28/h3-4,9-16,32,36H,2,5-8,17H2,1H3. The number of nitrogens with one attached hydrogen (secondary N) is 1. The minimum Gasteiger partial charge on any atom is -0.507 e. The highest BCUT2D eigenvalue weighted by Crippen LogP contribution is 2.41. The van der Waals surface area contributed by atoms with Crippen molar-refractivity contribution in [2.24, 2.45) is 7.05 Å². The average Bonchev–Trinajstić information content (AvgIpc) is 3.63. The van der Waals surface area contributed by atoms with Gasteiger partial charge in [0.05, 0.1) is 22.6 Å². The first-order valence-electron chi connectivity index (χ1n) is 12.4. The first-order chi connectivity index (χ1) is 17.8. The predicted molar refractivity (Wildman–Crippen MR) is 143 cm³/mol. The lowest BCUT2D eigenvalue weighted by molar-refractivity contribution is 0.419. The lowest BCUT2D eigenvalue weighted by Gasteiger charge is -2.25. The molecular formula is C28H27ClFN5O2. The van der Waals surface area contributed by atoms with Gasteiger partial charge in [-0.25, -0.2) is 9.18 Å². The molecule has 190 valence electrons. The summed E-state index contributed by atoms with van der Waals surface area (Å²) in [6.45, 7) is 2.89. The van der Waals surface area contributed by atoms with E-state index in [2.05, 4.69) is 15.2 Å². The highest BCUT2D eigenvalue weighted by molar-refractivity contribution is 6.32. The van der Waals surface area contributed by atoms with E-state index in [1.165, 1.54) is 34.1 Å². The Hall–Kier alpha value is -3.62. The largest absolute Gasteiger partial charge is 0.507 e. The number of benzene rings is 2. The maximum absolute atomic E-state index is 14.8. The van der Waals surface area contributed by atoms with E-state index < -0.39 is 5.82 Å². The molecule has 9 heteroatoms. The molecule has 1 atom stereocenters. The Bertz CT molecular complexity index is 1560. The van der Waals surface area contributed by atoms with Crippen LogP contribution in [0.5, 0.6) is 5.75 Å². The minimum atomic E-state index is -0.483. The van der Waals surface area contributed by atoms with Gasteiger partial charge in [-0.3, -0.25) is 9.55 Å². The van der Waals surface area contributed by atoms with Crippen LogP contribution in [0.2, 0.25) is 5.02 Å². The monoisotopic (exact) mass is 519 g/mol. The van der Waals surface area contributed by atoms with Gasteiger partial charge >= 0.3 is 5.69 Å². The molecule has 1 unspecified atom stereocenters. The molecule has 2 fully saturated rings. The van der Waals surface area contributed by atoms with Gasteiger partial charge in [-0.05, 0) is 61.7 Å². The second kappa shape index (κ2) is 9.04. The third-order valence-electron chi connectivity index (χ3n) is 7.63. The van der Waals surface area contributed by atoms with Gasteiger partial charge in [0.15, 0.2) is 0 Å². The van der Waals surface area contributed by atoms with E-state index in [4.69, 9.17) is 11.6 Å². The number of hydrogen-bond acceptors (Lipinski definition) is 5. The lowest BCUT2D eigenvalue weighted by atomic mass is 9.97. The molecule has 6 rings (SSSR count). The highest BCUT2D eigenvalue weighted by Gasteiger charge is 2.40. The molecule has 2 aromatic heterocycles. The molecule has 2 N–H and O–H groups in total. The zero-order valence-corrected chi connectivity index (χ0v) is 21.2. The molecular weight excluding hydrogens is 493 g/mol. The summed E-state index contributed by atoms with van der Waals surface area (Å²) in [5.74, 6) is -0.542. The number of aromatic hydroxyl groups is 1. The van der Waals surface area contributed by atoms with Crippen LogP contribution in [0, 0.1) is 5.82 Å². The van der Waals surface area contributed by atoms with E-state index in [1.54, 1.807) is 43.8 Å². The number of aromatic nitrogens is 3. The Balaban J connectivity index is 1.35. The van der Waals surface area contributed by atoms with Crippen molar-refractivity contribution >= 4 is 17.3 Å². The van der Waals surface area contributed by atoms with E-state index in [1.807, 2.05) is 12.3 Å². The number of nitrogens with zero attached hydrogens (tertiary/aromatic N) is 4. The molecule has 2 aliphatic heterocycles. The Kier molecular flexibility index (Phi) is 5.81. The number of imidazole rings is 1. The fourth-order valence-corrected chi connectivity index (χ4v) is 5.89. The maximum atomic E-state index is 14.8. The Morgan fingerprint density at radius 2 is 1.89 bits per heavy atom. The summed E-state index contributed by atoms with van der Waals surface area (Å²) in [5.41, 5.74) is 3.23. The van der Waals surface area contributed by atoms with Crippen molar-refractivity contribution in [2.75, 3.05) is 24.5 Å². The van der Waals surface area contributed by atoms with Crippen LogP contribution in [0.25, 0.3) is 27.9 Å². The van der Waals surface area contributed by atoms with Crippen molar-refractivity contribution in [2.45, 2.75) is 24.8 Å². The molecule has 0 amide bonds. The van der Waals surface area contributed by atoms with Crippen LogP contribution in [-0.4, -0.2) is 44.4 Å². The number of rotatable bonds is 4. The van der Waals surface area contributed by atoms with E-state index in [0.29, 0.717) is 33.0 Å². The van der Waals surface area contributed by atoms with E-state index in [9.17, 15) is 14.3 Å². The van der Waals surface area contributed by atoms with Crippen molar-refractivity contribution in [3.05, 3.63) is 82.5 Å². The third kappa shape index (κ3) is 4.20. The molecule has 4 heterocycles. The van der Waals surface area contributed by atoms with Gasteiger partial charge in [0.1, 0.15) is 11.6 Å². The fraction of sp³-hybridized carbons (Fsp3) is 0.286. The molecule has 0 saturated carbocycles. The molecule has 7 nitrogen and oxygen atoms in total. The van der Waals surface area contributed by atoms with Gasteiger partial charge in [-0.1, -0.05) is 17.7 Å². The molecule has 2 aliphatic rings. The zero-order chi connectivity index (χ0) is 25.7. The van der Waals surface area contributed by atoms with Crippen LogP contribution in [0.15, 0.2) is 66.0 Å². The summed E-state index contributed by atoms with van der Waals surface area (Å²) >= 11 is 6.52. The summed E-state index contributed by atoms with van der Waals surface area (Å²) in [4.78, 5) is 19.1. The van der Waals surface area contributed by atoms with Crippen LogP contribution in [0.4, 0.5) is 10.1 Å². The van der Waals surface area contributed by atoms with Crippen molar-refractivity contribution in [3.63, 3.8) is 0 Å². The highest BCUT2D eigenvalue weighted by atomic mass is 35.5. The second-order valence-electron chi connectivity index (χ2n) is 9.99. The first kappa shape index (κ1) is 23.8. The number of phenols is 1. The maximum Gasteiger partial charge on any atom is 0.332 e. The van der Waals surface area contributed by atoms with E-state index >= 15 is 0 Å².